The van der Waals surface area contributed by atoms with E-state index < -0.39 is 6.10 Å². The number of fused-ring (bicyclic) bond motifs is 2. The van der Waals surface area contributed by atoms with Crippen molar-refractivity contribution < 1.29 is 14.3 Å². The number of aryl methyl sites for hydroxylation is 2. The zero-order chi connectivity index (χ0) is 23.1. The summed E-state index contributed by atoms with van der Waals surface area (Å²) >= 11 is 1.63. The summed E-state index contributed by atoms with van der Waals surface area (Å²) in [5.41, 5.74) is 3.07. The molecule has 6 nitrogen and oxygen atoms in total. The van der Waals surface area contributed by atoms with Gasteiger partial charge in [-0.3, -0.25) is 14.5 Å². The molecule has 3 aromatic carbocycles. The topological polar surface area (TPSA) is 71.5 Å². The number of benzene rings is 3. The standard InChI is InChI=1S/C26H23N3O3S/c1-15-26(31)29(14-24(30)28-21-10-6-8-18-7-4-5-9-20(18)21)22-13-19(11-12-23(22)32-15)25-16(2)33-17(3)27-25/h4-13,15H,14H2,1-3H3,(H,28,30). The lowest BCUT2D eigenvalue weighted by Crippen LogP contribution is -2.47. The Morgan fingerprint density at radius 3 is 2.70 bits per heavy atom. The fourth-order valence-electron chi connectivity index (χ4n) is 4.18. The Bertz CT molecular complexity index is 1390. The molecule has 0 spiro atoms. The third-order valence-corrected chi connectivity index (χ3v) is 6.60. The third-order valence-electron chi connectivity index (χ3n) is 5.71. The minimum atomic E-state index is -0.669. The number of hydrogen-bond donors (Lipinski definition) is 1. The predicted octanol–water partition coefficient (Wildman–Crippen LogP) is 5.33. The zero-order valence-corrected chi connectivity index (χ0v) is 19.4. The molecule has 0 saturated heterocycles. The molecule has 1 aromatic heterocycles. The van der Waals surface area contributed by atoms with Gasteiger partial charge in [-0.15, -0.1) is 11.3 Å². The quantitative estimate of drug-likeness (QED) is 0.449. The number of nitrogens with one attached hydrogen (secondary N) is 1. The van der Waals surface area contributed by atoms with Gasteiger partial charge in [0.2, 0.25) is 5.91 Å². The van der Waals surface area contributed by atoms with Crippen molar-refractivity contribution in [1.82, 2.24) is 4.98 Å². The molecule has 1 atom stereocenters. The van der Waals surface area contributed by atoms with Crippen LogP contribution in [0.15, 0.2) is 60.7 Å². The van der Waals surface area contributed by atoms with E-state index in [1.807, 2.05) is 74.5 Å². The van der Waals surface area contributed by atoms with Gasteiger partial charge in [0, 0.05) is 21.5 Å². The van der Waals surface area contributed by atoms with Crippen LogP contribution in [0.2, 0.25) is 0 Å². The van der Waals surface area contributed by atoms with Crippen molar-refractivity contribution in [3.8, 4) is 17.0 Å². The van der Waals surface area contributed by atoms with Crippen LogP contribution in [0.4, 0.5) is 11.4 Å². The fourth-order valence-corrected chi connectivity index (χ4v) is 5.02. The van der Waals surface area contributed by atoms with E-state index >= 15 is 0 Å². The number of ether oxygens (including phenoxy) is 1. The summed E-state index contributed by atoms with van der Waals surface area (Å²) in [4.78, 5) is 33.3. The second kappa shape index (κ2) is 8.33. The summed E-state index contributed by atoms with van der Waals surface area (Å²) in [6, 6.07) is 19.3. The van der Waals surface area contributed by atoms with Crippen molar-refractivity contribution in [2.45, 2.75) is 26.9 Å². The van der Waals surface area contributed by atoms with Gasteiger partial charge >= 0.3 is 0 Å². The molecule has 0 radical (unpaired) electrons. The minimum absolute atomic E-state index is 0.110. The number of anilines is 2. The van der Waals surface area contributed by atoms with Crippen LogP contribution in [0, 0.1) is 13.8 Å². The number of thiazole rings is 1. The van der Waals surface area contributed by atoms with Gasteiger partial charge in [-0.05, 0) is 50.4 Å². The molecule has 0 aliphatic carbocycles. The molecule has 1 N–H and O–H groups in total. The average Bonchev–Trinajstić information content (AvgIpc) is 3.14. The summed E-state index contributed by atoms with van der Waals surface area (Å²) in [5.74, 6) is 0.0538. The molecule has 33 heavy (non-hydrogen) atoms. The van der Waals surface area contributed by atoms with E-state index in [0.717, 1.165) is 37.6 Å². The Morgan fingerprint density at radius 2 is 1.91 bits per heavy atom. The van der Waals surface area contributed by atoms with Crippen molar-refractivity contribution >= 4 is 45.3 Å². The smallest absolute Gasteiger partial charge is 0.268 e. The molecular formula is C26H23N3O3S. The highest BCUT2D eigenvalue weighted by Crippen LogP contribution is 2.38. The van der Waals surface area contributed by atoms with E-state index in [9.17, 15) is 9.59 Å². The van der Waals surface area contributed by atoms with Gasteiger partial charge < -0.3 is 10.1 Å². The lowest BCUT2D eigenvalue weighted by Gasteiger charge is -2.33. The van der Waals surface area contributed by atoms with Gasteiger partial charge in [-0.2, -0.15) is 0 Å². The van der Waals surface area contributed by atoms with Crippen LogP contribution in [0.25, 0.3) is 22.0 Å². The monoisotopic (exact) mass is 457 g/mol. The van der Waals surface area contributed by atoms with E-state index in [1.54, 1.807) is 18.3 Å². The van der Waals surface area contributed by atoms with Crippen LogP contribution in [-0.2, 0) is 9.59 Å². The summed E-state index contributed by atoms with van der Waals surface area (Å²) < 4.78 is 5.82. The number of carbonyl (C=O) groups excluding carboxylic acids is 2. The first kappa shape index (κ1) is 21.2. The van der Waals surface area contributed by atoms with Crippen molar-refractivity contribution in [2.24, 2.45) is 0 Å². The zero-order valence-electron chi connectivity index (χ0n) is 18.6. The number of nitrogens with zero attached hydrogens (tertiary/aromatic N) is 2. The highest BCUT2D eigenvalue weighted by atomic mass is 32.1. The molecule has 1 aliphatic rings. The van der Waals surface area contributed by atoms with E-state index in [2.05, 4.69) is 10.3 Å². The highest BCUT2D eigenvalue weighted by Gasteiger charge is 2.33. The van der Waals surface area contributed by atoms with Crippen LogP contribution in [0.5, 0.6) is 5.75 Å². The normalized spacial score (nSPS) is 15.3. The van der Waals surface area contributed by atoms with Crippen LogP contribution < -0.4 is 15.0 Å². The first-order valence-corrected chi connectivity index (χ1v) is 11.6. The second-order valence-corrected chi connectivity index (χ2v) is 9.49. The molecule has 4 aromatic rings. The largest absolute Gasteiger partial charge is 0.479 e. The molecule has 0 bridgehead atoms. The van der Waals surface area contributed by atoms with E-state index in [4.69, 9.17) is 4.74 Å². The Labute approximate surface area is 195 Å². The Kier molecular flexibility index (Phi) is 5.34. The molecule has 1 unspecified atom stereocenters. The summed E-state index contributed by atoms with van der Waals surface area (Å²) in [7, 11) is 0. The summed E-state index contributed by atoms with van der Waals surface area (Å²) in [6.45, 7) is 5.58. The van der Waals surface area contributed by atoms with Crippen molar-refractivity contribution in [1.29, 1.82) is 0 Å². The van der Waals surface area contributed by atoms with Crippen molar-refractivity contribution in [3.63, 3.8) is 0 Å². The van der Waals surface area contributed by atoms with Crippen LogP contribution in [0.1, 0.15) is 16.8 Å². The van der Waals surface area contributed by atoms with Crippen molar-refractivity contribution in [2.75, 3.05) is 16.8 Å². The molecule has 0 saturated carbocycles. The lowest BCUT2D eigenvalue weighted by atomic mass is 10.1. The van der Waals surface area contributed by atoms with Gasteiger partial charge in [0.05, 0.1) is 16.4 Å². The number of hydrogen-bond acceptors (Lipinski definition) is 5. The van der Waals surface area contributed by atoms with Crippen LogP contribution in [-0.4, -0.2) is 29.4 Å². The molecule has 0 fully saturated rings. The molecule has 2 heterocycles. The molecule has 1 aliphatic heterocycles. The summed E-state index contributed by atoms with van der Waals surface area (Å²) in [5, 5.41) is 5.94. The van der Waals surface area contributed by atoms with Gasteiger partial charge in [-0.25, -0.2) is 4.98 Å². The number of carbonyl (C=O) groups is 2. The first-order chi connectivity index (χ1) is 15.9. The predicted molar refractivity (Wildman–Crippen MR) is 132 cm³/mol. The average molecular weight is 458 g/mol. The number of rotatable bonds is 4. The number of amides is 2. The van der Waals surface area contributed by atoms with Crippen LogP contribution >= 0.6 is 11.3 Å². The van der Waals surface area contributed by atoms with E-state index in [1.165, 1.54) is 4.90 Å². The van der Waals surface area contributed by atoms with Gasteiger partial charge in [-0.1, -0.05) is 36.4 Å². The molecule has 2 amide bonds. The maximum Gasteiger partial charge on any atom is 0.268 e. The van der Waals surface area contributed by atoms with Gasteiger partial charge in [0.1, 0.15) is 12.3 Å². The Hall–Kier alpha value is -3.71. The SMILES string of the molecule is Cc1nc(-c2ccc3c(c2)N(CC(=O)Nc2cccc4ccccc24)C(=O)C(C)O3)c(C)s1. The van der Waals surface area contributed by atoms with Crippen LogP contribution in [0.3, 0.4) is 0 Å². The lowest BCUT2D eigenvalue weighted by molar-refractivity contribution is -0.127. The van der Waals surface area contributed by atoms with E-state index in [0.29, 0.717) is 11.4 Å². The maximum atomic E-state index is 13.0. The minimum Gasteiger partial charge on any atom is -0.479 e. The van der Waals surface area contributed by atoms with Gasteiger partial charge in [0.25, 0.3) is 5.91 Å². The molecule has 7 heteroatoms. The highest BCUT2D eigenvalue weighted by molar-refractivity contribution is 7.11. The van der Waals surface area contributed by atoms with Crippen molar-refractivity contribution in [3.05, 3.63) is 70.5 Å². The maximum absolute atomic E-state index is 13.0. The Balaban J connectivity index is 1.46. The first-order valence-electron chi connectivity index (χ1n) is 10.7. The number of aromatic nitrogens is 1. The van der Waals surface area contributed by atoms with Gasteiger partial charge in [0.15, 0.2) is 6.10 Å². The third kappa shape index (κ3) is 3.96. The van der Waals surface area contributed by atoms with E-state index in [-0.39, 0.29) is 18.4 Å². The summed E-state index contributed by atoms with van der Waals surface area (Å²) in [6.07, 6.45) is -0.669. The second-order valence-electron chi connectivity index (χ2n) is 8.08. The molecule has 166 valence electrons. The molecule has 5 rings (SSSR count). The Morgan fingerprint density at radius 1 is 1.12 bits per heavy atom. The molecular weight excluding hydrogens is 434 g/mol. The fraction of sp³-hybridized carbons (Fsp3) is 0.192.